The number of aryl methyl sites for hydroxylation is 1. The summed E-state index contributed by atoms with van der Waals surface area (Å²) in [7, 11) is -1.06. The Labute approximate surface area is 191 Å². The molecule has 0 aliphatic carbocycles. The molecule has 0 aliphatic rings. The summed E-state index contributed by atoms with van der Waals surface area (Å²) in [5.41, 5.74) is 1.04. The van der Waals surface area contributed by atoms with E-state index < -0.39 is 28.0 Å². The van der Waals surface area contributed by atoms with Gasteiger partial charge in [0.2, 0.25) is 5.88 Å². The third kappa shape index (κ3) is 5.32. The van der Waals surface area contributed by atoms with Crippen LogP contribution in [0, 0.1) is 6.92 Å². The maximum absolute atomic E-state index is 13.0. The summed E-state index contributed by atoms with van der Waals surface area (Å²) in [6.07, 6.45) is -1.12. The number of amides is 1. The molecule has 10 nitrogen and oxygen atoms in total. The van der Waals surface area contributed by atoms with Crippen LogP contribution in [0.5, 0.6) is 5.75 Å². The van der Waals surface area contributed by atoms with E-state index >= 15 is 0 Å². The van der Waals surface area contributed by atoms with Crippen molar-refractivity contribution >= 4 is 33.5 Å². The van der Waals surface area contributed by atoms with Gasteiger partial charge in [-0.05, 0) is 50.2 Å². The molecule has 0 radical (unpaired) electrons. The second-order valence-electron chi connectivity index (χ2n) is 7.04. The molecule has 0 fully saturated rings. The van der Waals surface area contributed by atoms with E-state index in [9.17, 15) is 18.0 Å². The highest BCUT2D eigenvalue weighted by molar-refractivity contribution is 7.92. The fourth-order valence-electron chi connectivity index (χ4n) is 2.87. The number of nitrogens with one attached hydrogen (secondary N) is 1. The van der Waals surface area contributed by atoms with Crippen LogP contribution in [0.3, 0.4) is 0 Å². The standard InChI is InChI=1S/C22H23N3O7S/c1-14-13-20(32-24-14)23-21(26)15(2)31-22(27)16-9-11-17(12-10-16)33(28,29)25(3)18-7-5-6-8-19(18)30-4/h5-13,15H,1-4H3,(H,23,26)/t15-/m1/s1. The molecule has 0 bridgehead atoms. The smallest absolute Gasteiger partial charge is 0.338 e. The summed E-state index contributed by atoms with van der Waals surface area (Å²) in [5.74, 6) is -0.851. The van der Waals surface area contributed by atoms with Crippen molar-refractivity contribution in [3.8, 4) is 5.75 Å². The summed E-state index contributed by atoms with van der Waals surface area (Å²) in [5, 5.41) is 6.10. The molecule has 0 saturated carbocycles. The Morgan fingerprint density at radius 3 is 2.39 bits per heavy atom. The molecule has 3 rings (SSSR count). The molecule has 1 amide bonds. The van der Waals surface area contributed by atoms with E-state index in [0.29, 0.717) is 17.1 Å². The molecule has 1 heterocycles. The molecule has 1 atom stereocenters. The van der Waals surface area contributed by atoms with Gasteiger partial charge in [0.05, 0.1) is 29.0 Å². The predicted molar refractivity (Wildman–Crippen MR) is 120 cm³/mol. The van der Waals surface area contributed by atoms with Gasteiger partial charge in [-0.25, -0.2) is 13.2 Å². The van der Waals surface area contributed by atoms with Gasteiger partial charge in [0.25, 0.3) is 15.9 Å². The molecule has 0 spiro atoms. The van der Waals surface area contributed by atoms with Crippen molar-refractivity contribution in [3.63, 3.8) is 0 Å². The molecule has 174 valence electrons. The number of nitrogens with zero attached hydrogens (tertiary/aromatic N) is 2. The molecular weight excluding hydrogens is 450 g/mol. The van der Waals surface area contributed by atoms with Crippen LogP contribution in [0.4, 0.5) is 11.6 Å². The van der Waals surface area contributed by atoms with Gasteiger partial charge in [-0.15, -0.1) is 0 Å². The van der Waals surface area contributed by atoms with Crippen molar-refractivity contribution in [3.05, 3.63) is 65.9 Å². The zero-order valence-corrected chi connectivity index (χ0v) is 19.3. The number of rotatable bonds is 8. The van der Waals surface area contributed by atoms with Crippen LogP contribution < -0.4 is 14.4 Å². The maximum atomic E-state index is 13.0. The third-order valence-electron chi connectivity index (χ3n) is 4.70. The molecule has 1 N–H and O–H groups in total. The summed E-state index contributed by atoms with van der Waals surface area (Å²) in [6.45, 7) is 3.10. The highest BCUT2D eigenvalue weighted by Gasteiger charge is 2.25. The van der Waals surface area contributed by atoms with Crippen LogP contribution >= 0.6 is 0 Å². The van der Waals surface area contributed by atoms with Gasteiger partial charge < -0.3 is 14.0 Å². The first-order valence-corrected chi connectivity index (χ1v) is 11.2. The Morgan fingerprint density at radius 1 is 1.12 bits per heavy atom. The van der Waals surface area contributed by atoms with Crippen LogP contribution in [0.25, 0.3) is 0 Å². The van der Waals surface area contributed by atoms with E-state index in [4.69, 9.17) is 14.0 Å². The number of benzene rings is 2. The lowest BCUT2D eigenvalue weighted by atomic mass is 10.2. The topological polar surface area (TPSA) is 128 Å². The number of hydrogen-bond donors (Lipinski definition) is 1. The van der Waals surface area contributed by atoms with E-state index in [1.54, 1.807) is 31.2 Å². The molecule has 3 aromatic rings. The van der Waals surface area contributed by atoms with Crippen molar-refractivity contribution in [1.29, 1.82) is 0 Å². The van der Waals surface area contributed by atoms with Gasteiger partial charge in [-0.1, -0.05) is 17.3 Å². The largest absolute Gasteiger partial charge is 0.495 e. The lowest BCUT2D eigenvalue weighted by Gasteiger charge is -2.21. The average Bonchev–Trinajstić information content (AvgIpc) is 3.22. The number of hydrogen-bond acceptors (Lipinski definition) is 8. The number of carbonyl (C=O) groups excluding carboxylic acids is 2. The van der Waals surface area contributed by atoms with Crippen molar-refractivity contribution in [1.82, 2.24) is 5.16 Å². The summed E-state index contributed by atoms with van der Waals surface area (Å²) < 4.78 is 42.4. The predicted octanol–water partition coefficient (Wildman–Crippen LogP) is 3.00. The molecule has 0 aliphatic heterocycles. The first-order valence-electron chi connectivity index (χ1n) is 9.80. The Morgan fingerprint density at radius 2 is 1.79 bits per heavy atom. The number of methoxy groups -OCH3 is 1. The lowest BCUT2D eigenvalue weighted by molar-refractivity contribution is -0.123. The first-order chi connectivity index (χ1) is 15.6. The highest BCUT2D eigenvalue weighted by atomic mass is 32.2. The number of aromatic nitrogens is 1. The van der Waals surface area contributed by atoms with Crippen LogP contribution in [0.2, 0.25) is 0 Å². The quantitative estimate of drug-likeness (QED) is 0.495. The number of ether oxygens (including phenoxy) is 2. The molecule has 0 unspecified atom stereocenters. The van der Waals surface area contributed by atoms with Crippen LogP contribution in [0.15, 0.2) is 64.0 Å². The van der Waals surface area contributed by atoms with Crippen molar-refractivity contribution < 1.29 is 32.0 Å². The number of para-hydroxylation sites is 2. The number of esters is 1. The zero-order valence-electron chi connectivity index (χ0n) is 18.4. The monoisotopic (exact) mass is 473 g/mol. The molecule has 11 heteroatoms. The van der Waals surface area contributed by atoms with Crippen LogP contribution in [-0.4, -0.2) is 45.7 Å². The Bertz CT molecular complexity index is 1250. The Hall–Kier alpha value is -3.86. The van der Waals surface area contributed by atoms with E-state index in [2.05, 4.69) is 10.5 Å². The normalized spacial score (nSPS) is 12.0. The van der Waals surface area contributed by atoms with E-state index in [0.717, 1.165) is 4.31 Å². The Kier molecular flexibility index (Phi) is 7.02. The summed E-state index contributed by atoms with van der Waals surface area (Å²) in [6, 6.07) is 13.4. The summed E-state index contributed by atoms with van der Waals surface area (Å²) >= 11 is 0. The molecule has 0 saturated heterocycles. The number of sulfonamides is 1. The summed E-state index contributed by atoms with van der Waals surface area (Å²) in [4.78, 5) is 24.5. The van der Waals surface area contributed by atoms with Crippen molar-refractivity contribution in [2.45, 2.75) is 24.8 Å². The second-order valence-corrected chi connectivity index (χ2v) is 9.01. The molecule has 1 aromatic heterocycles. The van der Waals surface area contributed by atoms with Crippen LogP contribution in [-0.2, 0) is 19.6 Å². The van der Waals surface area contributed by atoms with Gasteiger partial charge in [0.15, 0.2) is 6.10 Å². The lowest BCUT2D eigenvalue weighted by Crippen LogP contribution is -2.30. The number of anilines is 2. The minimum absolute atomic E-state index is 0.0288. The highest BCUT2D eigenvalue weighted by Crippen LogP contribution is 2.30. The SMILES string of the molecule is COc1ccccc1N(C)S(=O)(=O)c1ccc(C(=O)O[C@H](C)C(=O)Nc2cc(C)no2)cc1. The van der Waals surface area contributed by atoms with Gasteiger partial charge in [-0.2, -0.15) is 0 Å². The fourth-order valence-corrected chi connectivity index (χ4v) is 4.07. The molecule has 33 heavy (non-hydrogen) atoms. The van der Waals surface area contributed by atoms with Gasteiger partial charge >= 0.3 is 5.97 Å². The fraction of sp³-hybridized carbons (Fsp3) is 0.227. The molecule has 2 aromatic carbocycles. The maximum Gasteiger partial charge on any atom is 0.338 e. The van der Waals surface area contributed by atoms with E-state index in [1.807, 2.05) is 0 Å². The van der Waals surface area contributed by atoms with E-state index in [1.165, 1.54) is 51.4 Å². The number of carbonyl (C=O) groups is 2. The van der Waals surface area contributed by atoms with Crippen LogP contribution in [0.1, 0.15) is 23.0 Å². The second kappa shape index (κ2) is 9.74. The Balaban J connectivity index is 1.69. The first kappa shape index (κ1) is 23.8. The third-order valence-corrected chi connectivity index (χ3v) is 6.49. The van der Waals surface area contributed by atoms with Crippen molar-refractivity contribution in [2.24, 2.45) is 0 Å². The minimum atomic E-state index is -3.92. The minimum Gasteiger partial charge on any atom is -0.495 e. The zero-order chi connectivity index (χ0) is 24.2. The van der Waals surface area contributed by atoms with Gasteiger partial charge in [0, 0.05) is 13.1 Å². The van der Waals surface area contributed by atoms with Crippen molar-refractivity contribution in [2.75, 3.05) is 23.8 Å². The molecular formula is C22H23N3O7S. The van der Waals surface area contributed by atoms with Gasteiger partial charge in [0.1, 0.15) is 5.75 Å². The van der Waals surface area contributed by atoms with Gasteiger partial charge in [-0.3, -0.25) is 14.4 Å². The average molecular weight is 474 g/mol. The van der Waals surface area contributed by atoms with E-state index in [-0.39, 0.29) is 16.3 Å².